The first-order valence-electron chi connectivity index (χ1n) is 8.92. The number of ether oxygens (including phenoxy) is 2. The Morgan fingerprint density at radius 3 is 2.61 bits per heavy atom. The Bertz CT molecular complexity index is 1100. The van der Waals surface area contributed by atoms with Crippen LogP contribution in [0.25, 0.3) is 11.0 Å². The van der Waals surface area contributed by atoms with Gasteiger partial charge in [0, 0.05) is 36.2 Å². The Labute approximate surface area is 162 Å². The predicted octanol–water partition coefficient (Wildman–Crippen LogP) is 2.47. The highest BCUT2D eigenvalue weighted by atomic mass is 16.5. The molecule has 1 aromatic carbocycles. The SMILES string of the molecule is COc1ccc(NC(=O)CCc2c(C)c3c(C)nn(C)c3[nH]c2=O)cc1OC. The summed E-state index contributed by atoms with van der Waals surface area (Å²) in [6.07, 6.45) is 0.521. The second-order valence-corrected chi connectivity index (χ2v) is 6.61. The maximum Gasteiger partial charge on any atom is 0.253 e. The second kappa shape index (κ2) is 7.75. The summed E-state index contributed by atoms with van der Waals surface area (Å²) in [5.41, 5.74) is 3.42. The molecule has 8 heteroatoms. The maximum atomic E-state index is 12.5. The number of carbonyl (C=O) groups is 1. The quantitative estimate of drug-likeness (QED) is 0.680. The van der Waals surface area contributed by atoms with Gasteiger partial charge in [0.1, 0.15) is 5.65 Å². The number of nitrogens with one attached hydrogen (secondary N) is 2. The van der Waals surface area contributed by atoms with Gasteiger partial charge < -0.3 is 19.8 Å². The molecule has 2 heterocycles. The molecule has 8 nitrogen and oxygen atoms in total. The van der Waals surface area contributed by atoms with Gasteiger partial charge in [0.15, 0.2) is 11.5 Å². The van der Waals surface area contributed by atoms with E-state index in [-0.39, 0.29) is 17.9 Å². The molecule has 0 radical (unpaired) electrons. The number of pyridine rings is 1. The maximum absolute atomic E-state index is 12.5. The average Bonchev–Trinajstić information content (AvgIpc) is 2.94. The minimum Gasteiger partial charge on any atom is -0.493 e. The molecule has 28 heavy (non-hydrogen) atoms. The fraction of sp³-hybridized carbons (Fsp3) is 0.350. The van der Waals surface area contributed by atoms with Gasteiger partial charge in [-0.3, -0.25) is 14.3 Å². The monoisotopic (exact) mass is 384 g/mol. The van der Waals surface area contributed by atoms with Gasteiger partial charge in [-0.25, -0.2) is 0 Å². The van der Waals surface area contributed by atoms with Gasteiger partial charge >= 0.3 is 0 Å². The summed E-state index contributed by atoms with van der Waals surface area (Å²) >= 11 is 0. The molecule has 0 spiro atoms. The first-order chi connectivity index (χ1) is 13.3. The molecule has 0 aliphatic rings. The molecular weight excluding hydrogens is 360 g/mol. The van der Waals surface area contributed by atoms with Crippen LogP contribution in [0.1, 0.15) is 23.2 Å². The van der Waals surface area contributed by atoms with Crippen molar-refractivity contribution in [1.29, 1.82) is 0 Å². The van der Waals surface area contributed by atoms with Crippen molar-refractivity contribution in [2.45, 2.75) is 26.7 Å². The largest absolute Gasteiger partial charge is 0.493 e. The Balaban J connectivity index is 1.76. The number of hydrogen-bond donors (Lipinski definition) is 2. The zero-order valence-electron chi connectivity index (χ0n) is 16.7. The van der Waals surface area contributed by atoms with Crippen molar-refractivity contribution in [2.75, 3.05) is 19.5 Å². The van der Waals surface area contributed by atoms with Gasteiger partial charge in [-0.15, -0.1) is 0 Å². The Morgan fingerprint density at radius 1 is 1.21 bits per heavy atom. The number of rotatable bonds is 6. The lowest BCUT2D eigenvalue weighted by atomic mass is 10.0. The number of fused-ring (bicyclic) bond motifs is 1. The number of hydrogen-bond acceptors (Lipinski definition) is 5. The minimum absolute atomic E-state index is 0.184. The zero-order valence-corrected chi connectivity index (χ0v) is 16.7. The fourth-order valence-electron chi connectivity index (χ4n) is 3.43. The van der Waals surface area contributed by atoms with Gasteiger partial charge in [-0.05, 0) is 38.0 Å². The van der Waals surface area contributed by atoms with E-state index in [1.54, 1.807) is 37.0 Å². The lowest BCUT2D eigenvalue weighted by Crippen LogP contribution is -2.19. The van der Waals surface area contributed by atoms with Crippen LogP contribution in [0, 0.1) is 13.8 Å². The van der Waals surface area contributed by atoms with Gasteiger partial charge in [0.05, 0.1) is 19.9 Å². The third kappa shape index (κ3) is 3.58. The van der Waals surface area contributed by atoms with Crippen molar-refractivity contribution < 1.29 is 14.3 Å². The Morgan fingerprint density at radius 2 is 1.93 bits per heavy atom. The third-order valence-electron chi connectivity index (χ3n) is 4.83. The first kappa shape index (κ1) is 19.5. The van der Waals surface area contributed by atoms with Crippen LogP contribution in [0.5, 0.6) is 11.5 Å². The van der Waals surface area contributed by atoms with Gasteiger partial charge in [-0.1, -0.05) is 0 Å². The molecule has 0 saturated heterocycles. The van der Waals surface area contributed by atoms with Crippen molar-refractivity contribution in [3.8, 4) is 11.5 Å². The van der Waals surface area contributed by atoms with Crippen molar-refractivity contribution in [3.63, 3.8) is 0 Å². The number of nitrogens with zero attached hydrogens (tertiary/aromatic N) is 2. The molecule has 0 saturated carbocycles. The minimum atomic E-state index is -0.188. The Kier molecular flexibility index (Phi) is 5.39. The first-order valence-corrected chi connectivity index (χ1v) is 8.92. The van der Waals surface area contributed by atoms with E-state index < -0.39 is 0 Å². The van der Waals surface area contributed by atoms with Crippen molar-refractivity contribution >= 4 is 22.6 Å². The van der Waals surface area contributed by atoms with E-state index in [9.17, 15) is 9.59 Å². The van der Waals surface area contributed by atoms with E-state index in [2.05, 4.69) is 15.4 Å². The highest BCUT2D eigenvalue weighted by Gasteiger charge is 2.16. The number of H-pyrrole nitrogens is 1. The van der Waals surface area contributed by atoms with Crippen LogP contribution < -0.4 is 20.3 Å². The van der Waals surface area contributed by atoms with Gasteiger partial charge in [-0.2, -0.15) is 5.10 Å². The summed E-state index contributed by atoms with van der Waals surface area (Å²) in [4.78, 5) is 27.7. The summed E-state index contributed by atoms with van der Waals surface area (Å²) in [6.45, 7) is 3.80. The van der Waals surface area contributed by atoms with Gasteiger partial charge in [0.2, 0.25) is 5.91 Å². The number of amides is 1. The van der Waals surface area contributed by atoms with Crippen molar-refractivity contribution in [1.82, 2.24) is 14.8 Å². The molecule has 0 atom stereocenters. The molecule has 0 unspecified atom stereocenters. The zero-order chi connectivity index (χ0) is 20.4. The van der Waals surface area contributed by atoms with Crippen LogP contribution in [-0.4, -0.2) is 34.9 Å². The fourth-order valence-corrected chi connectivity index (χ4v) is 3.43. The molecule has 0 bridgehead atoms. The summed E-state index contributed by atoms with van der Waals surface area (Å²) in [6, 6.07) is 5.16. The Hall–Kier alpha value is -3.29. The highest BCUT2D eigenvalue weighted by molar-refractivity contribution is 5.91. The molecular formula is C20H24N4O4. The number of anilines is 1. The smallest absolute Gasteiger partial charge is 0.253 e. The predicted molar refractivity (Wildman–Crippen MR) is 107 cm³/mol. The molecule has 148 valence electrons. The average molecular weight is 384 g/mol. The van der Waals surface area contributed by atoms with Crippen molar-refractivity contribution in [3.05, 3.63) is 45.4 Å². The van der Waals surface area contributed by atoms with Crippen LogP contribution in [-0.2, 0) is 18.3 Å². The van der Waals surface area contributed by atoms with E-state index in [0.717, 1.165) is 16.6 Å². The normalized spacial score (nSPS) is 10.9. The van der Waals surface area contributed by atoms with Crippen LogP contribution in [0.15, 0.2) is 23.0 Å². The molecule has 2 N–H and O–H groups in total. The highest BCUT2D eigenvalue weighted by Crippen LogP contribution is 2.29. The lowest BCUT2D eigenvalue weighted by Gasteiger charge is -2.11. The summed E-state index contributed by atoms with van der Waals surface area (Å²) < 4.78 is 12.1. The van der Waals surface area contributed by atoms with E-state index >= 15 is 0 Å². The third-order valence-corrected chi connectivity index (χ3v) is 4.83. The topological polar surface area (TPSA) is 98.2 Å². The molecule has 0 aliphatic carbocycles. The van der Waals surface area contributed by atoms with Gasteiger partial charge in [0.25, 0.3) is 5.56 Å². The molecule has 0 aliphatic heterocycles. The number of carbonyl (C=O) groups excluding carboxylic acids is 1. The number of benzene rings is 1. The number of aromatic nitrogens is 3. The van der Waals surface area contributed by atoms with Crippen LogP contribution >= 0.6 is 0 Å². The van der Waals surface area contributed by atoms with E-state index in [0.29, 0.717) is 34.8 Å². The van der Waals surface area contributed by atoms with E-state index in [1.807, 2.05) is 13.8 Å². The summed E-state index contributed by atoms with van der Waals surface area (Å²) in [7, 11) is 4.88. The molecule has 3 rings (SSSR count). The molecule has 1 amide bonds. The van der Waals surface area contributed by atoms with Crippen molar-refractivity contribution in [2.24, 2.45) is 7.05 Å². The molecule has 0 fully saturated rings. The second-order valence-electron chi connectivity index (χ2n) is 6.61. The lowest BCUT2D eigenvalue weighted by molar-refractivity contribution is -0.116. The van der Waals surface area contributed by atoms with Crippen LogP contribution in [0.3, 0.4) is 0 Å². The number of methoxy groups -OCH3 is 2. The number of aryl methyl sites for hydroxylation is 3. The van der Waals surface area contributed by atoms with E-state index in [1.165, 1.54) is 7.11 Å². The molecule has 2 aromatic heterocycles. The van der Waals surface area contributed by atoms with Crippen LogP contribution in [0.2, 0.25) is 0 Å². The van der Waals surface area contributed by atoms with Crippen LogP contribution in [0.4, 0.5) is 5.69 Å². The summed E-state index contributed by atoms with van der Waals surface area (Å²) in [5, 5.41) is 8.11. The molecule has 3 aromatic rings. The standard InChI is InChI=1S/C20H24N4O4/c1-11-14(20(26)22-19-18(11)12(2)23-24(19)3)7-9-17(25)21-13-6-8-15(27-4)16(10-13)28-5/h6,8,10H,7,9H2,1-5H3,(H,21,25)(H,22,26). The van der Waals surface area contributed by atoms with E-state index in [4.69, 9.17) is 9.47 Å². The summed E-state index contributed by atoms with van der Waals surface area (Å²) in [5.74, 6) is 0.932. The number of aromatic amines is 1.